The molecule has 0 aliphatic carbocycles. The van der Waals surface area contributed by atoms with Crippen molar-refractivity contribution < 1.29 is 4.39 Å². The lowest BCUT2D eigenvalue weighted by atomic mass is 10.0. The molecule has 0 saturated heterocycles. The first-order chi connectivity index (χ1) is 18.9. The molecule has 8 heteroatoms. The number of H-pyrrole nitrogens is 2. The Morgan fingerprint density at radius 2 is 1.92 bits per heavy atom. The number of aromatic nitrogens is 5. The van der Waals surface area contributed by atoms with Crippen molar-refractivity contribution in [3.8, 4) is 22.5 Å². The van der Waals surface area contributed by atoms with E-state index < -0.39 is 0 Å². The number of hydrogen-bond acceptors (Lipinski definition) is 5. The molecule has 5 heterocycles. The van der Waals surface area contributed by atoms with Gasteiger partial charge in [-0.25, -0.2) is 4.39 Å². The van der Waals surface area contributed by atoms with Crippen molar-refractivity contribution in [1.29, 1.82) is 0 Å². The van der Waals surface area contributed by atoms with Crippen molar-refractivity contribution in [1.82, 2.24) is 30.5 Å². The van der Waals surface area contributed by atoms with E-state index >= 15 is 0 Å². The lowest BCUT2D eigenvalue weighted by Crippen LogP contribution is -2.16. The summed E-state index contributed by atoms with van der Waals surface area (Å²) in [5.74, 6) is 0.0325. The van der Waals surface area contributed by atoms with Gasteiger partial charge < -0.3 is 10.3 Å². The van der Waals surface area contributed by atoms with Gasteiger partial charge in [-0.3, -0.25) is 20.1 Å². The normalized spacial score (nSPS) is 13.6. The molecule has 5 aromatic rings. The number of benzene rings is 1. The molecule has 4 aromatic heterocycles. The van der Waals surface area contributed by atoms with E-state index in [9.17, 15) is 4.39 Å². The fourth-order valence-electron chi connectivity index (χ4n) is 4.72. The molecule has 7 nitrogen and oxygen atoms in total. The number of rotatable bonds is 6. The van der Waals surface area contributed by atoms with Crippen LogP contribution in [0.4, 0.5) is 4.39 Å². The van der Waals surface area contributed by atoms with Crippen LogP contribution < -0.4 is 5.32 Å². The van der Waals surface area contributed by atoms with E-state index in [4.69, 9.17) is 4.98 Å². The molecule has 39 heavy (non-hydrogen) atoms. The third-order valence-electron chi connectivity index (χ3n) is 6.86. The van der Waals surface area contributed by atoms with Crippen LogP contribution in [-0.4, -0.2) is 37.9 Å². The van der Waals surface area contributed by atoms with Crippen molar-refractivity contribution in [3.63, 3.8) is 0 Å². The van der Waals surface area contributed by atoms with E-state index in [0.29, 0.717) is 12.5 Å². The number of aliphatic imine (C=N–C) groups is 1. The van der Waals surface area contributed by atoms with Crippen LogP contribution in [0.5, 0.6) is 0 Å². The number of hydrogen-bond donors (Lipinski definition) is 3. The van der Waals surface area contributed by atoms with E-state index in [1.165, 1.54) is 12.1 Å². The van der Waals surface area contributed by atoms with Gasteiger partial charge in [0, 0.05) is 40.0 Å². The van der Waals surface area contributed by atoms with E-state index in [-0.39, 0.29) is 5.82 Å². The number of fused-ring (bicyclic) bond motifs is 2. The topological polar surface area (TPSA) is 94.6 Å². The molecule has 0 spiro atoms. The zero-order valence-corrected chi connectivity index (χ0v) is 22.0. The van der Waals surface area contributed by atoms with Gasteiger partial charge in [0.15, 0.2) is 0 Å². The summed E-state index contributed by atoms with van der Waals surface area (Å²) >= 11 is 0. The minimum atomic E-state index is -0.268. The minimum Gasteiger partial charge on any atom is -0.358 e. The Morgan fingerprint density at radius 3 is 2.74 bits per heavy atom. The fraction of sp³-hybridized carbons (Fsp3) is 0.161. The molecule has 0 atom stereocenters. The summed E-state index contributed by atoms with van der Waals surface area (Å²) in [6.07, 6.45) is 11.3. The summed E-state index contributed by atoms with van der Waals surface area (Å²) in [5.41, 5.74) is 9.36. The highest BCUT2D eigenvalue weighted by Crippen LogP contribution is 2.34. The first kappa shape index (κ1) is 24.5. The molecule has 0 saturated carbocycles. The Hall–Kier alpha value is -4.85. The number of halogens is 1. The van der Waals surface area contributed by atoms with Gasteiger partial charge in [0.05, 0.1) is 47.1 Å². The van der Waals surface area contributed by atoms with Crippen LogP contribution in [0.3, 0.4) is 0 Å². The smallest absolute Gasteiger partial charge is 0.124 e. The Labute approximate surface area is 225 Å². The second-order valence-electron chi connectivity index (χ2n) is 10.1. The largest absolute Gasteiger partial charge is 0.358 e. The monoisotopic (exact) mass is 517 g/mol. The van der Waals surface area contributed by atoms with Crippen LogP contribution in [0.15, 0.2) is 84.0 Å². The molecule has 1 aromatic carbocycles. The molecule has 0 amide bonds. The molecule has 194 valence electrons. The molecule has 0 unspecified atom stereocenters. The third kappa shape index (κ3) is 4.77. The van der Waals surface area contributed by atoms with Gasteiger partial charge in [0.25, 0.3) is 0 Å². The van der Waals surface area contributed by atoms with Crippen LogP contribution in [-0.2, 0) is 0 Å². The Balaban J connectivity index is 1.41. The molecule has 0 radical (unpaired) electrons. The van der Waals surface area contributed by atoms with Gasteiger partial charge in [-0.05, 0) is 54.3 Å². The second-order valence-corrected chi connectivity index (χ2v) is 10.1. The maximum atomic E-state index is 14.2. The Bertz CT molecular complexity index is 1810. The zero-order valence-electron chi connectivity index (χ0n) is 22.0. The summed E-state index contributed by atoms with van der Waals surface area (Å²) in [5, 5.41) is 13.0. The van der Waals surface area contributed by atoms with Crippen molar-refractivity contribution in [3.05, 3.63) is 96.1 Å². The third-order valence-corrected chi connectivity index (χ3v) is 6.86. The van der Waals surface area contributed by atoms with Gasteiger partial charge in [-0.15, -0.1) is 0 Å². The van der Waals surface area contributed by atoms with Crippen LogP contribution >= 0.6 is 0 Å². The number of nitrogens with zero attached hydrogens (tertiary/aromatic N) is 4. The Kier molecular flexibility index (Phi) is 6.15. The van der Waals surface area contributed by atoms with Crippen molar-refractivity contribution in [2.45, 2.75) is 20.8 Å². The number of aryl methyl sites for hydroxylation is 1. The minimum absolute atomic E-state index is 0.268. The van der Waals surface area contributed by atoms with E-state index in [1.54, 1.807) is 18.6 Å². The van der Waals surface area contributed by atoms with Crippen LogP contribution in [0.1, 0.15) is 25.1 Å². The molecule has 1 aliphatic heterocycles. The number of nitrogens with one attached hydrogen (secondary N) is 3. The predicted molar refractivity (Wildman–Crippen MR) is 156 cm³/mol. The van der Waals surface area contributed by atoms with Crippen LogP contribution in [0, 0.1) is 18.7 Å². The van der Waals surface area contributed by atoms with Crippen LogP contribution in [0.2, 0.25) is 0 Å². The summed E-state index contributed by atoms with van der Waals surface area (Å²) < 4.78 is 14.2. The van der Waals surface area contributed by atoms with Crippen LogP contribution in [0.25, 0.3) is 49.9 Å². The number of aromatic amines is 2. The summed E-state index contributed by atoms with van der Waals surface area (Å²) in [6, 6.07) is 9.10. The SMILES string of the molecule is C=C(NC1=CC(c2cc3c(-c4cc5c(-c6cc(C)cc(F)c6)cncc5[nH]4)n[nH]c3cn2)=CCN=C1)C(C)C. The number of pyridine rings is 2. The first-order valence-electron chi connectivity index (χ1n) is 12.8. The van der Waals surface area contributed by atoms with E-state index in [1.807, 2.05) is 37.4 Å². The quantitative estimate of drug-likeness (QED) is 0.233. The Morgan fingerprint density at radius 1 is 1.05 bits per heavy atom. The molecular formula is C31H28FN7. The van der Waals surface area contributed by atoms with Gasteiger partial charge in [0.2, 0.25) is 0 Å². The molecule has 0 fully saturated rings. The van der Waals surface area contributed by atoms with E-state index in [0.717, 1.165) is 72.5 Å². The second kappa shape index (κ2) is 9.79. The van der Waals surface area contributed by atoms with Crippen molar-refractivity contribution >= 4 is 33.6 Å². The molecular weight excluding hydrogens is 489 g/mol. The van der Waals surface area contributed by atoms with Gasteiger partial charge in [-0.2, -0.15) is 5.10 Å². The lowest BCUT2D eigenvalue weighted by Gasteiger charge is -2.13. The maximum absolute atomic E-state index is 14.2. The molecule has 3 N–H and O–H groups in total. The maximum Gasteiger partial charge on any atom is 0.124 e. The summed E-state index contributed by atoms with van der Waals surface area (Å²) in [7, 11) is 0. The molecule has 6 rings (SSSR count). The molecule has 0 bridgehead atoms. The zero-order chi connectivity index (χ0) is 27.1. The lowest BCUT2D eigenvalue weighted by molar-refractivity contribution is 0.627. The highest BCUT2D eigenvalue weighted by atomic mass is 19.1. The standard InChI is InChI=1S/C31H28FN7/c1-17(2)19(4)36-23-10-20(5-6-33-13-23)27-12-25-30(16-35-27)38-39-31(25)28-11-24-26(14-34-15-29(24)37-28)21-7-18(3)8-22(32)9-21/h5,7-17,36-37H,4,6H2,1-3H3,(H,38,39). The summed E-state index contributed by atoms with van der Waals surface area (Å²) in [6.45, 7) is 10.8. The summed E-state index contributed by atoms with van der Waals surface area (Å²) in [4.78, 5) is 17.0. The van der Waals surface area contributed by atoms with Gasteiger partial charge >= 0.3 is 0 Å². The van der Waals surface area contributed by atoms with Gasteiger partial charge in [-0.1, -0.05) is 32.6 Å². The predicted octanol–water partition coefficient (Wildman–Crippen LogP) is 6.73. The van der Waals surface area contributed by atoms with E-state index in [2.05, 4.69) is 57.0 Å². The molecule has 1 aliphatic rings. The average Bonchev–Trinajstić information content (AvgIpc) is 3.45. The average molecular weight is 518 g/mol. The highest BCUT2D eigenvalue weighted by molar-refractivity contribution is 6.01. The van der Waals surface area contributed by atoms with Crippen molar-refractivity contribution in [2.24, 2.45) is 10.9 Å². The highest BCUT2D eigenvalue weighted by Gasteiger charge is 2.16. The van der Waals surface area contributed by atoms with Gasteiger partial charge in [0.1, 0.15) is 11.5 Å². The first-order valence-corrected chi connectivity index (χ1v) is 12.8. The number of allylic oxidation sites excluding steroid dienone is 4. The van der Waals surface area contributed by atoms with Crippen molar-refractivity contribution in [2.75, 3.05) is 6.54 Å². The fourth-order valence-corrected chi connectivity index (χ4v) is 4.72.